The van der Waals surface area contributed by atoms with Crippen LogP contribution in [0.15, 0.2) is 30.5 Å². The molecule has 1 aromatic carbocycles. The number of rotatable bonds is 2. The highest BCUT2D eigenvalue weighted by molar-refractivity contribution is 6.28. The summed E-state index contributed by atoms with van der Waals surface area (Å²) in [5, 5.41) is 7.51. The Balaban J connectivity index is 2.01. The molecule has 5 nitrogen and oxygen atoms in total. The second-order valence-electron chi connectivity index (χ2n) is 5.81. The van der Waals surface area contributed by atoms with Crippen molar-refractivity contribution < 1.29 is 4.74 Å². The first-order valence-electron chi connectivity index (χ1n) is 6.58. The van der Waals surface area contributed by atoms with Gasteiger partial charge >= 0.3 is 0 Å². The van der Waals surface area contributed by atoms with Crippen molar-refractivity contribution in [1.29, 1.82) is 0 Å². The van der Waals surface area contributed by atoms with Crippen LogP contribution in [0.1, 0.15) is 26.3 Å². The molecule has 1 N–H and O–H groups in total. The molecule has 0 bridgehead atoms. The molecule has 0 amide bonds. The predicted molar refractivity (Wildman–Crippen MR) is 81.9 cm³/mol. The van der Waals surface area contributed by atoms with Crippen LogP contribution >= 0.6 is 11.6 Å². The van der Waals surface area contributed by atoms with Crippen LogP contribution in [0.4, 0.5) is 0 Å². The van der Waals surface area contributed by atoms with Crippen LogP contribution in [0, 0.1) is 0 Å². The molecule has 0 aliphatic heterocycles. The summed E-state index contributed by atoms with van der Waals surface area (Å²) in [5.74, 6) is 1.10. The van der Waals surface area contributed by atoms with Crippen molar-refractivity contribution in [2.24, 2.45) is 0 Å². The summed E-state index contributed by atoms with van der Waals surface area (Å²) in [4.78, 5) is 8.18. The van der Waals surface area contributed by atoms with Gasteiger partial charge in [-0.3, -0.25) is 5.10 Å². The van der Waals surface area contributed by atoms with E-state index in [2.05, 4.69) is 47.0 Å². The average Bonchev–Trinajstić information content (AvgIpc) is 2.86. The fraction of sp³-hybridized carbons (Fsp3) is 0.267. The highest BCUT2D eigenvalue weighted by Gasteiger charge is 2.15. The van der Waals surface area contributed by atoms with E-state index in [0.717, 1.165) is 0 Å². The minimum atomic E-state index is 0.0493. The standard InChI is InChI=1S/C15H15ClN4O/c1-15(2,3)9-5-4-6-10(7-9)21-13-11-8-17-20-12(11)18-14(16)19-13/h4-8H,1-3H3,(H,17,18,19,20). The van der Waals surface area contributed by atoms with Crippen molar-refractivity contribution in [3.05, 3.63) is 41.3 Å². The van der Waals surface area contributed by atoms with Gasteiger partial charge in [0.25, 0.3) is 0 Å². The lowest BCUT2D eigenvalue weighted by Gasteiger charge is -2.19. The van der Waals surface area contributed by atoms with Crippen molar-refractivity contribution in [1.82, 2.24) is 20.2 Å². The van der Waals surface area contributed by atoms with E-state index >= 15 is 0 Å². The molecule has 0 fully saturated rings. The fourth-order valence-electron chi connectivity index (χ4n) is 2.00. The third-order valence-electron chi connectivity index (χ3n) is 3.16. The summed E-state index contributed by atoms with van der Waals surface area (Å²) in [6.07, 6.45) is 1.62. The Bertz CT molecular complexity index is 792. The van der Waals surface area contributed by atoms with Crippen molar-refractivity contribution in [3.8, 4) is 11.6 Å². The number of H-pyrrole nitrogens is 1. The minimum Gasteiger partial charge on any atom is -0.438 e. The Morgan fingerprint density at radius 3 is 2.76 bits per heavy atom. The molecule has 6 heteroatoms. The van der Waals surface area contributed by atoms with Gasteiger partial charge in [-0.15, -0.1) is 0 Å². The Labute approximate surface area is 127 Å². The number of fused-ring (bicyclic) bond motifs is 1. The molecular weight excluding hydrogens is 288 g/mol. The summed E-state index contributed by atoms with van der Waals surface area (Å²) in [7, 11) is 0. The smallest absolute Gasteiger partial charge is 0.234 e. The van der Waals surface area contributed by atoms with Crippen molar-refractivity contribution in [2.75, 3.05) is 0 Å². The topological polar surface area (TPSA) is 63.7 Å². The molecule has 0 atom stereocenters. The first-order valence-corrected chi connectivity index (χ1v) is 6.96. The summed E-state index contributed by atoms with van der Waals surface area (Å²) >= 11 is 5.90. The number of ether oxygens (including phenoxy) is 1. The molecule has 3 rings (SSSR count). The van der Waals surface area contributed by atoms with Crippen molar-refractivity contribution in [2.45, 2.75) is 26.2 Å². The van der Waals surface area contributed by atoms with Gasteiger partial charge in [0.2, 0.25) is 11.2 Å². The van der Waals surface area contributed by atoms with Crippen LogP contribution in [0.3, 0.4) is 0 Å². The maximum absolute atomic E-state index is 5.90. The lowest BCUT2D eigenvalue weighted by Crippen LogP contribution is -2.10. The minimum absolute atomic E-state index is 0.0493. The fourth-order valence-corrected chi connectivity index (χ4v) is 2.16. The number of benzene rings is 1. The summed E-state index contributed by atoms with van der Waals surface area (Å²) in [6.45, 7) is 6.46. The maximum atomic E-state index is 5.90. The highest BCUT2D eigenvalue weighted by Crippen LogP contribution is 2.30. The number of nitrogens with zero attached hydrogens (tertiary/aromatic N) is 3. The van der Waals surface area contributed by atoms with Gasteiger partial charge in [-0.05, 0) is 34.7 Å². The van der Waals surface area contributed by atoms with E-state index in [9.17, 15) is 0 Å². The quantitative estimate of drug-likeness (QED) is 0.724. The number of hydrogen-bond donors (Lipinski definition) is 1. The zero-order chi connectivity index (χ0) is 15.0. The number of nitrogens with one attached hydrogen (secondary N) is 1. The number of halogens is 1. The summed E-state index contributed by atoms with van der Waals surface area (Å²) in [6, 6.07) is 7.93. The van der Waals surface area contributed by atoms with E-state index in [1.165, 1.54) is 5.56 Å². The Morgan fingerprint density at radius 2 is 2.00 bits per heavy atom. The molecule has 0 spiro atoms. The molecule has 2 aromatic heterocycles. The van der Waals surface area contributed by atoms with Crippen molar-refractivity contribution in [3.63, 3.8) is 0 Å². The number of aromatic nitrogens is 4. The number of hydrogen-bond acceptors (Lipinski definition) is 4. The lowest BCUT2D eigenvalue weighted by atomic mass is 9.87. The molecule has 3 aromatic rings. The van der Waals surface area contributed by atoms with Crippen LogP contribution in [0.2, 0.25) is 5.28 Å². The summed E-state index contributed by atoms with van der Waals surface area (Å²) in [5.41, 5.74) is 1.79. The van der Waals surface area contributed by atoms with E-state index < -0.39 is 0 Å². The maximum Gasteiger partial charge on any atom is 0.234 e. The molecule has 0 radical (unpaired) electrons. The van der Waals surface area contributed by atoms with E-state index in [1.807, 2.05) is 18.2 Å². The van der Waals surface area contributed by atoms with Gasteiger partial charge in [0.1, 0.15) is 11.1 Å². The van der Waals surface area contributed by atoms with Gasteiger partial charge in [-0.1, -0.05) is 32.9 Å². The second-order valence-corrected chi connectivity index (χ2v) is 6.15. The average molecular weight is 303 g/mol. The molecule has 0 saturated carbocycles. The second kappa shape index (κ2) is 5.00. The van der Waals surface area contributed by atoms with Crippen LogP contribution in [-0.4, -0.2) is 20.2 Å². The van der Waals surface area contributed by atoms with Crippen LogP contribution in [0.5, 0.6) is 11.6 Å². The molecule has 21 heavy (non-hydrogen) atoms. The third kappa shape index (κ3) is 2.83. The van der Waals surface area contributed by atoms with E-state index in [0.29, 0.717) is 22.7 Å². The van der Waals surface area contributed by atoms with Gasteiger partial charge in [-0.25, -0.2) is 0 Å². The zero-order valence-electron chi connectivity index (χ0n) is 12.0. The predicted octanol–water partition coefficient (Wildman–Crippen LogP) is 4.10. The van der Waals surface area contributed by atoms with Crippen LogP contribution in [0.25, 0.3) is 11.0 Å². The SMILES string of the molecule is CC(C)(C)c1cccc(Oc2nc(Cl)nc3[nH]ncc23)c1. The first-order chi connectivity index (χ1) is 9.93. The largest absolute Gasteiger partial charge is 0.438 e. The van der Waals surface area contributed by atoms with Gasteiger partial charge in [0.15, 0.2) is 5.65 Å². The third-order valence-corrected chi connectivity index (χ3v) is 3.33. The van der Waals surface area contributed by atoms with Gasteiger partial charge in [0.05, 0.1) is 6.20 Å². The Kier molecular flexibility index (Phi) is 3.29. The summed E-state index contributed by atoms with van der Waals surface area (Å²) < 4.78 is 5.87. The Morgan fingerprint density at radius 1 is 1.19 bits per heavy atom. The Hall–Kier alpha value is -2.14. The van der Waals surface area contributed by atoms with E-state index in [-0.39, 0.29) is 10.7 Å². The molecule has 108 valence electrons. The van der Waals surface area contributed by atoms with Gasteiger partial charge < -0.3 is 4.74 Å². The highest BCUT2D eigenvalue weighted by atomic mass is 35.5. The van der Waals surface area contributed by atoms with E-state index in [4.69, 9.17) is 16.3 Å². The first kappa shape index (κ1) is 13.8. The molecule has 0 aliphatic rings. The van der Waals surface area contributed by atoms with E-state index in [1.54, 1.807) is 6.20 Å². The molecule has 0 unspecified atom stereocenters. The zero-order valence-corrected chi connectivity index (χ0v) is 12.8. The van der Waals surface area contributed by atoms with Crippen LogP contribution < -0.4 is 4.74 Å². The molecular formula is C15H15ClN4O. The van der Waals surface area contributed by atoms with Crippen LogP contribution in [-0.2, 0) is 5.41 Å². The van der Waals surface area contributed by atoms with Gasteiger partial charge in [-0.2, -0.15) is 15.1 Å². The molecule has 0 aliphatic carbocycles. The molecule has 2 heterocycles. The monoisotopic (exact) mass is 302 g/mol. The van der Waals surface area contributed by atoms with Crippen molar-refractivity contribution >= 4 is 22.6 Å². The normalized spacial score (nSPS) is 11.8. The number of aromatic amines is 1. The van der Waals surface area contributed by atoms with Gasteiger partial charge in [0, 0.05) is 0 Å². The molecule has 0 saturated heterocycles. The lowest BCUT2D eigenvalue weighted by molar-refractivity contribution is 0.465.